The van der Waals surface area contributed by atoms with Gasteiger partial charge < -0.3 is 10.8 Å². The topological polar surface area (TPSA) is 46.2 Å². The number of nitrogen functional groups attached to an aromatic ring is 1. The summed E-state index contributed by atoms with van der Waals surface area (Å²) in [6, 6.07) is 2.86. The summed E-state index contributed by atoms with van der Waals surface area (Å²) in [4.78, 5) is 0. The van der Waals surface area contributed by atoms with Gasteiger partial charge in [-0.15, -0.1) is 12.8 Å². The molecule has 12 heavy (non-hydrogen) atoms. The fourth-order valence-corrected chi connectivity index (χ4v) is 0.844. The van der Waals surface area contributed by atoms with Gasteiger partial charge in [-0.05, 0) is 12.1 Å². The summed E-state index contributed by atoms with van der Waals surface area (Å²) in [5.74, 6) is 4.70. The standard InChI is InChI=1S/C10H7NO/c1-3-7-5-9(11)10(12)6-8(7)4-2/h1-2,5-6,12H,11H2. The van der Waals surface area contributed by atoms with Crippen molar-refractivity contribution in [1.29, 1.82) is 0 Å². The molecule has 1 aromatic rings. The monoisotopic (exact) mass is 157 g/mol. The Hall–Kier alpha value is -2.06. The van der Waals surface area contributed by atoms with Crippen molar-refractivity contribution in [2.45, 2.75) is 0 Å². The van der Waals surface area contributed by atoms with Crippen LogP contribution in [0.2, 0.25) is 0 Å². The largest absolute Gasteiger partial charge is 0.506 e. The van der Waals surface area contributed by atoms with Gasteiger partial charge in [0.25, 0.3) is 0 Å². The molecule has 0 aliphatic rings. The van der Waals surface area contributed by atoms with E-state index in [9.17, 15) is 0 Å². The highest BCUT2D eigenvalue weighted by Gasteiger charge is 2.02. The SMILES string of the molecule is C#Cc1cc(N)c(O)cc1C#C. The maximum atomic E-state index is 9.16. The molecule has 0 heterocycles. The van der Waals surface area contributed by atoms with Crippen molar-refractivity contribution in [2.75, 3.05) is 5.73 Å². The number of hydrogen-bond acceptors (Lipinski definition) is 2. The molecule has 0 fully saturated rings. The third kappa shape index (κ3) is 1.19. The average molecular weight is 157 g/mol. The minimum absolute atomic E-state index is 0.0399. The molecule has 0 saturated heterocycles. The number of terminal acetylenes is 2. The second-order valence-electron chi connectivity index (χ2n) is 2.25. The molecular formula is C10H7NO. The number of rotatable bonds is 0. The van der Waals surface area contributed by atoms with Crippen LogP contribution in [0.15, 0.2) is 12.1 Å². The molecule has 0 amide bonds. The van der Waals surface area contributed by atoms with Crippen molar-refractivity contribution in [1.82, 2.24) is 0 Å². The van der Waals surface area contributed by atoms with E-state index in [-0.39, 0.29) is 11.4 Å². The van der Waals surface area contributed by atoms with Crippen molar-refractivity contribution in [3.63, 3.8) is 0 Å². The van der Waals surface area contributed by atoms with E-state index in [1.165, 1.54) is 12.1 Å². The number of benzene rings is 1. The van der Waals surface area contributed by atoms with Gasteiger partial charge in [-0.3, -0.25) is 0 Å². The molecule has 0 aromatic heterocycles. The van der Waals surface area contributed by atoms with Crippen LogP contribution < -0.4 is 5.73 Å². The minimum Gasteiger partial charge on any atom is -0.506 e. The third-order valence-electron chi connectivity index (χ3n) is 1.48. The van der Waals surface area contributed by atoms with Gasteiger partial charge in [0.1, 0.15) is 5.75 Å². The molecule has 0 unspecified atom stereocenters. The van der Waals surface area contributed by atoms with Crippen LogP contribution in [0.3, 0.4) is 0 Å². The summed E-state index contributed by atoms with van der Waals surface area (Å²) >= 11 is 0. The normalized spacial score (nSPS) is 8.50. The van der Waals surface area contributed by atoms with Crippen LogP contribution in [0.1, 0.15) is 11.1 Å². The molecule has 1 aromatic carbocycles. The van der Waals surface area contributed by atoms with Crippen LogP contribution in [-0.2, 0) is 0 Å². The number of phenols is 1. The Morgan fingerprint density at radius 3 is 2.17 bits per heavy atom. The highest BCUT2D eigenvalue weighted by Crippen LogP contribution is 2.23. The van der Waals surface area contributed by atoms with Crippen molar-refractivity contribution in [2.24, 2.45) is 0 Å². The maximum absolute atomic E-state index is 9.16. The highest BCUT2D eigenvalue weighted by atomic mass is 16.3. The lowest BCUT2D eigenvalue weighted by Crippen LogP contribution is -1.90. The smallest absolute Gasteiger partial charge is 0.139 e. The molecule has 1 rings (SSSR count). The number of aromatic hydroxyl groups is 1. The Labute approximate surface area is 71.0 Å². The van der Waals surface area contributed by atoms with Crippen LogP contribution in [0.5, 0.6) is 5.75 Å². The quantitative estimate of drug-likeness (QED) is 0.334. The van der Waals surface area contributed by atoms with E-state index in [0.29, 0.717) is 11.1 Å². The lowest BCUT2D eigenvalue weighted by Gasteiger charge is -2.01. The molecular weight excluding hydrogens is 150 g/mol. The van der Waals surface area contributed by atoms with Crippen molar-refractivity contribution in [3.8, 4) is 30.4 Å². The zero-order valence-electron chi connectivity index (χ0n) is 6.33. The highest BCUT2D eigenvalue weighted by molar-refractivity contribution is 5.63. The van der Waals surface area contributed by atoms with E-state index in [1.54, 1.807) is 0 Å². The van der Waals surface area contributed by atoms with Crippen LogP contribution in [0, 0.1) is 24.7 Å². The number of anilines is 1. The molecule has 0 bridgehead atoms. The molecule has 0 radical (unpaired) electrons. The summed E-state index contributed by atoms with van der Waals surface area (Å²) in [7, 11) is 0. The van der Waals surface area contributed by atoms with Gasteiger partial charge in [0.2, 0.25) is 0 Å². The Morgan fingerprint density at radius 1 is 1.17 bits per heavy atom. The zero-order chi connectivity index (χ0) is 9.14. The summed E-state index contributed by atoms with van der Waals surface area (Å²) in [6.07, 6.45) is 10.3. The van der Waals surface area contributed by atoms with Crippen LogP contribution in [0.25, 0.3) is 0 Å². The first-order chi connectivity index (χ1) is 5.69. The number of hydrogen-bond donors (Lipinski definition) is 2. The van der Waals surface area contributed by atoms with E-state index in [1.807, 2.05) is 0 Å². The molecule has 0 atom stereocenters. The second-order valence-corrected chi connectivity index (χ2v) is 2.25. The van der Waals surface area contributed by atoms with Gasteiger partial charge in [-0.25, -0.2) is 0 Å². The summed E-state index contributed by atoms with van der Waals surface area (Å²) in [5, 5.41) is 9.16. The van der Waals surface area contributed by atoms with Gasteiger partial charge in [0.15, 0.2) is 0 Å². The Bertz CT molecular complexity index is 355. The van der Waals surface area contributed by atoms with Crippen molar-refractivity contribution in [3.05, 3.63) is 23.3 Å². The van der Waals surface area contributed by atoms with Crippen molar-refractivity contribution < 1.29 is 5.11 Å². The zero-order valence-corrected chi connectivity index (χ0v) is 6.33. The van der Waals surface area contributed by atoms with Crippen LogP contribution >= 0.6 is 0 Å². The van der Waals surface area contributed by atoms with Crippen LogP contribution in [-0.4, -0.2) is 5.11 Å². The number of phenolic OH excluding ortho intramolecular Hbond substituents is 1. The molecule has 0 spiro atoms. The fraction of sp³-hybridized carbons (Fsp3) is 0. The van der Waals surface area contributed by atoms with Gasteiger partial charge in [-0.2, -0.15) is 0 Å². The molecule has 0 aliphatic carbocycles. The predicted molar refractivity (Wildman–Crippen MR) is 48.4 cm³/mol. The minimum atomic E-state index is -0.0399. The van der Waals surface area contributed by atoms with Crippen molar-refractivity contribution >= 4 is 5.69 Å². The third-order valence-corrected chi connectivity index (χ3v) is 1.48. The van der Waals surface area contributed by atoms with E-state index in [2.05, 4.69) is 11.8 Å². The molecule has 2 nitrogen and oxygen atoms in total. The van der Waals surface area contributed by atoms with Gasteiger partial charge in [0.05, 0.1) is 5.69 Å². The van der Waals surface area contributed by atoms with Crippen LogP contribution in [0.4, 0.5) is 5.69 Å². The summed E-state index contributed by atoms with van der Waals surface area (Å²) < 4.78 is 0. The van der Waals surface area contributed by atoms with E-state index >= 15 is 0 Å². The lowest BCUT2D eigenvalue weighted by molar-refractivity contribution is 0.478. The van der Waals surface area contributed by atoms with E-state index in [4.69, 9.17) is 23.7 Å². The molecule has 0 aliphatic heterocycles. The second kappa shape index (κ2) is 2.90. The van der Waals surface area contributed by atoms with Gasteiger partial charge in [0, 0.05) is 11.1 Å². The summed E-state index contributed by atoms with van der Waals surface area (Å²) in [6.45, 7) is 0. The first-order valence-corrected chi connectivity index (χ1v) is 3.24. The Balaban J connectivity index is 3.44. The lowest BCUT2D eigenvalue weighted by atomic mass is 10.1. The molecule has 0 saturated carbocycles. The number of nitrogens with two attached hydrogens (primary N) is 1. The predicted octanol–water partition coefficient (Wildman–Crippen LogP) is 0.937. The maximum Gasteiger partial charge on any atom is 0.139 e. The summed E-state index contributed by atoms with van der Waals surface area (Å²) in [5.41, 5.74) is 6.64. The molecule has 3 N–H and O–H groups in total. The Kier molecular flexibility index (Phi) is 1.94. The first-order valence-electron chi connectivity index (χ1n) is 3.24. The van der Waals surface area contributed by atoms with E-state index in [0.717, 1.165) is 0 Å². The first kappa shape index (κ1) is 8.04. The average Bonchev–Trinajstić information content (AvgIpc) is 2.09. The van der Waals surface area contributed by atoms with E-state index < -0.39 is 0 Å². The molecule has 2 heteroatoms. The molecule has 58 valence electrons. The fourth-order valence-electron chi connectivity index (χ4n) is 0.844. The van der Waals surface area contributed by atoms with Gasteiger partial charge >= 0.3 is 0 Å². The van der Waals surface area contributed by atoms with Gasteiger partial charge in [-0.1, -0.05) is 11.8 Å². The Morgan fingerprint density at radius 2 is 1.67 bits per heavy atom.